The second kappa shape index (κ2) is 9.98. The summed E-state index contributed by atoms with van der Waals surface area (Å²) in [4.78, 5) is 19.3. The average Bonchev–Trinajstić information content (AvgIpc) is 3.04. The number of carbonyl (C=O) groups excluding carboxylic acids is 1. The number of hydrogen-bond donors (Lipinski definition) is 2. The molecule has 0 atom stereocenters. The van der Waals surface area contributed by atoms with Crippen molar-refractivity contribution in [3.63, 3.8) is 0 Å². The van der Waals surface area contributed by atoms with Gasteiger partial charge < -0.3 is 15.4 Å². The Labute approximate surface area is 179 Å². The van der Waals surface area contributed by atoms with Gasteiger partial charge in [0.25, 0.3) is 16.0 Å². The highest BCUT2D eigenvalue weighted by molar-refractivity contribution is 7.85. The lowest BCUT2D eigenvalue weighted by Crippen LogP contribution is -2.42. The van der Waals surface area contributed by atoms with Gasteiger partial charge in [0, 0.05) is 12.1 Å². The zero-order valence-corrected chi connectivity index (χ0v) is 18.8. The fourth-order valence-corrected chi connectivity index (χ4v) is 3.82. The molecule has 164 valence electrons. The van der Waals surface area contributed by atoms with E-state index in [0.717, 1.165) is 36.1 Å². The molecule has 2 aromatic rings. The molecule has 0 fully saturated rings. The third kappa shape index (κ3) is 6.76. The first kappa shape index (κ1) is 23.7. The van der Waals surface area contributed by atoms with Crippen LogP contribution in [0.15, 0.2) is 24.3 Å². The van der Waals surface area contributed by atoms with Gasteiger partial charge in [0.05, 0.1) is 18.6 Å². The number of thiazole rings is 1. The van der Waals surface area contributed by atoms with Crippen LogP contribution in [-0.4, -0.2) is 68.7 Å². The van der Waals surface area contributed by atoms with E-state index in [1.807, 2.05) is 38.4 Å². The summed E-state index contributed by atoms with van der Waals surface area (Å²) >= 11 is 1.04. The number of nitrogens with one attached hydrogen (secondary N) is 1. The molecule has 0 unspecified atom stereocenters. The molecular weight excluding hydrogens is 430 g/mol. The third-order valence-corrected chi connectivity index (χ3v) is 5.32. The van der Waals surface area contributed by atoms with Gasteiger partial charge in [-0.05, 0) is 39.6 Å². The van der Waals surface area contributed by atoms with Crippen LogP contribution >= 0.6 is 11.3 Å². The Balaban J connectivity index is 2.22. The molecule has 0 radical (unpaired) electrons. The van der Waals surface area contributed by atoms with Gasteiger partial charge in [0.15, 0.2) is 0 Å². The third-order valence-electron chi connectivity index (χ3n) is 3.70. The summed E-state index contributed by atoms with van der Waals surface area (Å²) in [5, 5.41) is 8.21. The number of benzene rings is 1. The number of nitrogens with zero attached hydrogens (tertiary/aromatic N) is 3. The Morgan fingerprint density at radius 1 is 1.33 bits per heavy atom. The van der Waals surface area contributed by atoms with Crippen LogP contribution in [0.4, 0.5) is 0 Å². The monoisotopic (exact) mass is 455 g/mol. The van der Waals surface area contributed by atoms with Crippen molar-refractivity contribution in [3.05, 3.63) is 34.8 Å². The minimum absolute atomic E-state index is 0.112. The molecule has 30 heavy (non-hydrogen) atoms. The van der Waals surface area contributed by atoms with Crippen molar-refractivity contribution >= 4 is 33.3 Å². The van der Waals surface area contributed by atoms with Gasteiger partial charge in [-0.3, -0.25) is 10.2 Å². The van der Waals surface area contributed by atoms with Gasteiger partial charge in [0.1, 0.15) is 15.6 Å². The number of hydrogen-bond acceptors (Lipinski definition) is 9. The zero-order valence-electron chi connectivity index (χ0n) is 17.2. The van der Waals surface area contributed by atoms with E-state index in [0.29, 0.717) is 23.1 Å². The van der Waals surface area contributed by atoms with E-state index >= 15 is 0 Å². The van der Waals surface area contributed by atoms with Crippen LogP contribution < -0.4 is 10.5 Å². The number of carbonyl (C=O) groups is 1. The fourth-order valence-electron chi connectivity index (χ4n) is 2.42. The minimum atomic E-state index is -4.05. The van der Waals surface area contributed by atoms with E-state index in [-0.39, 0.29) is 9.94 Å². The molecule has 0 bridgehead atoms. The minimum Gasteiger partial charge on any atom is -0.494 e. The Bertz CT molecular complexity index is 1020. The summed E-state index contributed by atoms with van der Waals surface area (Å²) in [5.41, 5.74) is 6.41. The van der Waals surface area contributed by atoms with Crippen LogP contribution in [0, 0.1) is 12.3 Å². The summed E-state index contributed by atoms with van der Waals surface area (Å²) in [6.45, 7) is 3.09. The second-order valence-corrected chi connectivity index (χ2v) is 9.29. The first-order valence-electron chi connectivity index (χ1n) is 8.91. The van der Waals surface area contributed by atoms with E-state index in [4.69, 9.17) is 15.9 Å². The molecule has 1 amide bonds. The van der Waals surface area contributed by atoms with Crippen molar-refractivity contribution in [2.45, 2.75) is 13.3 Å². The molecule has 10 nitrogen and oxygen atoms in total. The van der Waals surface area contributed by atoms with Crippen LogP contribution in [0.3, 0.4) is 0 Å². The maximum absolute atomic E-state index is 12.7. The Morgan fingerprint density at radius 3 is 2.63 bits per heavy atom. The SMILES string of the molecule is Cc1nc(-c2cccc(OCCCN(C)C)c2)sc1C(=O)N(OS(C)(=O)=O)C(=N)N. The standard InChI is InChI=1S/C18H25N5O5S2/c1-12-15(17(24)23(18(19)20)28-30(4,25)26)29-16(21-12)13-7-5-8-14(11-13)27-10-6-9-22(2)3/h5,7-8,11H,6,9-10H2,1-4H3,(H3,19,20). The molecule has 0 spiro atoms. The summed E-state index contributed by atoms with van der Waals surface area (Å²) in [6, 6.07) is 7.31. The van der Waals surface area contributed by atoms with Gasteiger partial charge in [-0.1, -0.05) is 12.1 Å². The molecule has 0 saturated heterocycles. The highest BCUT2D eigenvalue weighted by Crippen LogP contribution is 2.31. The van der Waals surface area contributed by atoms with Crippen molar-refractivity contribution in [1.82, 2.24) is 14.9 Å². The summed E-state index contributed by atoms with van der Waals surface area (Å²) < 4.78 is 33.1. The van der Waals surface area contributed by atoms with Crippen LogP contribution in [0.5, 0.6) is 5.75 Å². The molecule has 1 aromatic heterocycles. The van der Waals surface area contributed by atoms with E-state index in [1.165, 1.54) is 0 Å². The van der Waals surface area contributed by atoms with E-state index in [2.05, 4.69) is 14.2 Å². The van der Waals surface area contributed by atoms with Gasteiger partial charge in [-0.2, -0.15) is 8.42 Å². The lowest BCUT2D eigenvalue weighted by molar-refractivity contribution is 0.0205. The Morgan fingerprint density at radius 2 is 2.03 bits per heavy atom. The van der Waals surface area contributed by atoms with Crippen molar-refractivity contribution < 1.29 is 22.2 Å². The van der Waals surface area contributed by atoms with Gasteiger partial charge in [0.2, 0.25) is 5.96 Å². The number of ether oxygens (including phenoxy) is 1. The Kier molecular flexibility index (Phi) is 7.89. The van der Waals surface area contributed by atoms with Gasteiger partial charge in [-0.25, -0.2) is 4.98 Å². The topological polar surface area (TPSA) is 139 Å². The van der Waals surface area contributed by atoms with Crippen LogP contribution in [0.2, 0.25) is 0 Å². The van der Waals surface area contributed by atoms with Crippen molar-refractivity contribution in [2.75, 3.05) is 33.5 Å². The van der Waals surface area contributed by atoms with E-state index in [9.17, 15) is 13.2 Å². The van der Waals surface area contributed by atoms with Crippen LogP contribution in [-0.2, 0) is 14.4 Å². The molecular formula is C18H25N5O5S2. The maximum atomic E-state index is 12.7. The maximum Gasteiger partial charge on any atom is 0.298 e. The van der Waals surface area contributed by atoms with Gasteiger partial charge >= 0.3 is 0 Å². The Hall–Kier alpha value is -2.54. The predicted octanol–water partition coefficient (Wildman–Crippen LogP) is 1.68. The molecule has 12 heteroatoms. The second-order valence-electron chi connectivity index (χ2n) is 6.73. The smallest absolute Gasteiger partial charge is 0.298 e. The highest BCUT2D eigenvalue weighted by atomic mass is 32.2. The molecule has 1 aromatic carbocycles. The summed E-state index contributed by atoms with van der Waals surface area (Å²) in [6.07, 6.45) is 1.64. The van der Waals surface area contributed by atoms with Crippen molar-refractivity contribution in [2.24, 2.45) is 5.73 Å². The lowest BCUT2D eigenvalue weighted by atomic mass is 10.2. The van der Waals surface area contributed by atoms with Crippen molar-refractivity contribution in [3.8, 4) is 16.3 Å². The van der Waals surface area contributed by atoms with Crippen molar-refractivity contribution in [1.29, 1.82) is 5.41 Å². The molecule has 0 aliphatic heterocycles. The largest absolute Gasteiger partial charge is 0.494 e. The highest BCUT2D eigenvalue weighted by Gasteiger charge is 2.28. The van der Waals surface area contributed by atoms with E-state index < -0.39 is 22.0 Å². The lowest BCUT2D eigenvalue weighted by Gasteiger charge is -2.16. The summed E-state index contributed by atoms with van der Waals surface area (Å²) in [5.74, 6) is -1.06. The molecule has 2 rings (SSSR count). The zero-order chi connectivity index (χ0) is 22.5. The molecule has 0 aliphatic carbocycles. The first-order valence-corrected chi connectivity index (χ1v) is 11.5. The molecule has 3 N–H and O–H groups in total. The van der Waals surface area contributed by atoms with Crippen LogP contribution in [0.1, 0.15) is 21.8 Å². The number of rotatable bonds is 9. The quantitative estimate of drug-likeness (QED) is 0.252. The number of hydroxylamine groups is 2. The average molecular weight is 456 g/mol. The van der Waals surface area contributed by atoms with Gasteiger partial charge in [-0.15, -0.1) is 20.7 Å². The predicted molar refractivity (Wildman–Crippen MR) is 115 cm³/mol. The fraction of sp³-hybridized carbons (Fsp3) is 0.389. The molecule has 0 aliphatic rings. The number of aromatic nitrogens is 1. The number of aryl methyl sites for hydroxylation is 1. The molecule has 0 saturated carbocycles. The normalized spacial score (nSPS) is 11.5. The summed E-state index contributed by atoms with van der Waals surface area (Å²) in [7, 11) is -0.0559. The first-order chi connectivity index (χ1) is 14.0. The van der Waals surface area contributed by atoms with Crippen LogP contribution in [0.25, 0.3) is 10.6 Å². The molecule has 1 heterocycles. The number of nitrogens with two attached hydrogens (primary N) is 1. The number of guanidine groups is 1. The number of amides is 1. The van der Waals surface area contributed by atoms with E-state index in [1.54, 1.807) is 6.92 Å².